The summed E-state index contributed by atoms with van der Waals surface area (Å²) in [5, 5.41) is 13.0. The summed E-state index contributed by atoms with van der Waals surface area (Å²) in [6, 6.07) is 6.83. The number of nitrogen functional groups attached to an aromatic ring is 1. The molecule has 180 valence electrons. The van der Waals surface area contributed by atoms with Crippen LogP contribution in [0.4, 0.5) is 10.2 Å². The summed E-state index contributed by atoms with van der Waals surface area (Å²) < 4.78 is 18.4. The predicted molar refractivity (Wildman–Crippen MR) is 130 cm³/mol. The molecule has 1 saturated heterocycles. The molecule has 0 saturated carbocycles. The summed E-state index contributed by atoms with van der Waals surface area (Å²) in [5.41, 5.74) is 8.62. The van der Waals surface area contributed by atoms with Crippen LogP contribution in [0.2, 0.25) is 5.02 Å². The monoisotopic (exact) mass is 494 g/mol. The molecule has 0 bridgehead atoms. The first-order chi connectivity index (χ1) is 16.8. The third-order valence-corrected chi connectivity index (χ3v) is 6.67. The second-order valence-corrected chi connectivity index (χ2v) is 8.99. The Balaban J connectivity index is 1.48. The van der Waals surface area contributed by atoms with E-state index in [1.807, 2.05) is 21.8 Å². The number of piperidine rings is 1. The molecule has 0 spiro atoms. The summed E-state index contributed by atoms with van der Waals surface area (Å²) in [4.78, 5) is 17.8. The van der Waals surface area contributed by atoms with Crippen LogP contribution in [0.1, 0.15) is 31.6 Å². The number of aryl methyl sites for hydroxylation is 1. The molecule has 4 aromatic rings. The quantitative estimate of drug-likeness (QED) is 0.458. The van der Waals surface area contributed by atoms with Crippen LogP contribution < -0.4 is 5.73 Å². The number of benzene rings is 1. The first-order valence-electron chi connectivity index (χ1n) is 11.3. The minimum Gasteiger partial charge on any atom is -0.383 e. The molecule has 0 radical (unpaired) electrons. The van der Waals surface area contributed by atoms with Crippen LogP contribution in [0.5, 0.6) is 0 Å². The van der Waals surface area contributed by atoms with Gasteiger partial charge in [-0.3, -0.25) is 14.0 Å². The standard InChI is InChI=1S/C24H24ClFN8O/c1-14-30-31-24(34(14)21-5-3-4-20(25)22(21)26)19-10-16(11-28-23(19)27)17-12-29-33(13-17)18-6-8-32(9-7-18)15(2)35/h3-5,10-13,18H,6-9H2,1-2H3,(H2,27,28). The van der Waals surface area contributed by atoms with Crippen LogP contribution in [-0.2, 0) is 4.79 Å². The summed E-state index contributed by atoms with van der Waals surface area (Å²) >= 11 is 6.01. The van der Waals surface area contributed by atoms with Crippen LogP contribution >= 0.6 is 11.6 Å². The first-order valence-corrected chi connectivity index (χ1v) is 11.6. The van der Waals surface area contributed by atoms with Gasteiger partial charge in [-0.05, 0) is 38.0 Å². The van der Waals surface area contributed by atoms with Crippen molar-refractivity contribution in [1.29, 1.82) is 0 Å². The van der Waals surface area contributed by atoms with E-state index in [2.05, 4.69) is 20.3 Å². The Morgan fingerprint density at radius 1 is 1.17 bits per heavy atom. The second kappa shape index (κ2) is 9.10. The van der Waals surface area contributed by atoms with Crippen molar-refractivity contribution in [3.05, 3.63) is 59.5 Å². The molecule has 3 aromatic heterocycles. The number of nitrogens with two attached hydrogens (primary N) is 1. The number of rotatable bonds is 4. The molecule has 2 N–H and O–H groups in total. The summed E-state index contributed by atoms with van der Waals surface area (Å²) in [7, 11) is 0. The third kappa shape index (κ3) is 4.25. The number of halogens is 2. The number of carbonyl (C=O) groups excluding carboxylic acids is 1. The average Bonchev–Trinajstić information content (AvgIpc) is 3.49. The molecule has 1 fully saturated rings. The number of anilines is 1. The molecule has 35 heavy (non-hydrogen) atoms. The number of pyridine rings is 1. The molecular weight excluding hydrogens is 471 g/mol. The van der Waals surface area contributed by atoms with Gasteiger partial charge in [0, 0.05) is 43.5 Å². The van der Waals surface area contributed by atoms with Crippen molar-refractivity contribution in [3.63, 3.8) is 0 Å². The van der Waals surface area contributed by atoms with Crippen LogP contribution in [-0.4, -0.2) is 53.4 Å². The highest BCUT2D eigenvalue weighted by Gasteiger charge is 2.23. The fourth-order valence-electron chi connectivity index (χ4n) is 4.43. The summed E-state index contributed by atoms with van der Waals surface area (Å²) in [6.45, 7) is 4.77. The van der Waals surface area contributed by atoms with E-state index >= 15 is 0 Å². The van der Waals surface area contributed by atoms with E-state index in [1.165, 1.54) is 6.07 Å². The van der Waals surface area contributed by atoms with Crippen molar-refractivity contribution in [2.45, 2.75) is 32.7 Å². The van der Waals surface area contributed by atoms with Crippen LogP contribution in [0, 0.1) is 12.7 Å². The maximum Gasteiger partial charge on any atom is 0.219 e. The Kier molecular flexibility index (Phi) is 5.98. The number of likely N-dealkylation sites (tertiary alicyclic amines) is 1. The van der Waals surface area contributed by atoms with Crippen LogP contribution in [0.25, 0.3) is 28.2 Å². The van der Waals surface area contributed by atoms with Gasteiger partial charge in [-0.2, -0.15) is 5.10 Å². The van der Waals surface area contributed by atoms with Gasteiger partial charge in [0.25, 0.3) is 0 Å². The topological polar surface area (TPSA) is 108 Å². The lowest BCUT2D eigenvalue weighted by molar-refractivity contribution is -0.130. The Hall–Kier alpha value is -3.79. The minimum absolute atomic E-state index is 0.00273. The zero-order valence-corrected chi connectivity index (χ0v) is 20.1. The van der Waals surface area contributed by atoms with Gasteiger partial charge in [-0.25, -0.2) is 9.37 Å². The van der Waals surface area contributed by atoms with Crippen LogP contribution in [0.3, 0.4) is 0 Å². The molecule has 0 unspecified atom stereocenters. The SMILES string of the molecule is CC(=O)N1CCC(n2cc(-c3cnc(N)c(-c4nnc(C)n4-c4cccc(Cl)c4F)c3)cn2)CC1. The van der Waals surface area contributed by atoms with E-state index in [0.29, 0.717) is 17.2 Å². The van der Waals surface area contributed by atoms with Gasteiger partial charge >= 0.3 is 0 Å². The molecule has 5 rings (SSSR count). The van der Waals surface area contributed by atoms with Gasteiger partial charge in [0.05, 0.1) is 28.5 Å². The Labute approximate surface area is 206 Å². The van der Waals surface area contributed by atoms with Gasteiger partial charge in [-0.15, -0.1) is 10.2 Å². The molecule has 0 aliphatic carbocycles. The highest BCUT2D eigenvalue weighted by Crippen LogP contribution is 2.33. The largest absolute Gasteiger partial charge is 0.383 e. The zero-order valence-electron chi connectivity index (χ0n) is 19.3. The van der Waals surface area contributed by atoms with Crippen molar-refractivity contribution < 1.29 is 9.18 Å². The van der Waals surface area contributed by atoms with Crippen molar-refractivity contribution in [3.8, 4) is 28.2 Å². The maximum absolute atomic E-state index is 14.8. The van der Waals surface area contributed by atoms with Gasteiger partial charge in [0.1, 0.15) is 11.6 Å². The van der Waals surface area contributed by atoms with E-state index < -0.39 is 5.82 Å². The number of aromatic nitrogens is 6. The highest BCUT2D eigenvalue weighted by atomic mass is 35.5. The fraction of sp³-hybridized carbons (Fsp3) is 0.292. The van der Waals surface area contributed by atoms with Crippen molar-refractivity contribution in [2.75, 3.05) is 18.8 Å². The maximum atomic E-state index is 14.8. The Morgan fingerprint density at radius 3 is 2.69 bits per heavy atom. The average molecular weight is 495 g/mol. The van der Waals surface area contributed by atoms with Crippen molar-refractivity contribution >= 4 is 23.3 Å². The molecule has 1 aliphatic rings. The van der Waals surface area contributed by atoms with E-state index in [-0.39, 0.29) is 28.5 Å². The number of hydrogen-bond donors (Lipinski definition) is 1. The molecular formula is C24H24ClFN8O. The van der Waals surface area contributed by atoms with Crippen molar-refractivity contribution in [2.24, 2.45) is 0 Å². The predicted octanol–water partition coefficient (Wildman–Crippen LogP) is 4.06. The van der Waals surface area contributed by atoms with Gasteiger partial charge in [0.15, 0.2) is 11.6 Å². The number of amides is 1. The molecule has 1 amide bonds. The van der Waals surface area contributed by atoms with Crippen molar-refractivity contribution in [1.82, 2.24) is 34.4 Å². The lowest BCUT2D eigenvalue weighted by Gasteiger charge is -2.31. The molecule has 1 aliphatic heterocycles. The van der Waals surface area contributed by atoms with Gasteiger partial charge in [-0.1, -0.05) is 17.7 Å². The number of nitrogens with zero attached hydrogens (tertiary/aromatic N) is 7. The molecule has 0 atom stereocenters. The van der Waals surface area contributed by atoms with E-state index in [4.69, 9.17) is 17.3 Å². The highest BCUT2D eigenvalue weighted by molar-refractivity contribution is 6.30. The number of carbonyl (C=O) groups is 1. The normalized spacial score (nSPS) is 14.5. The Bertz CT molecular complexity index is 1410. The lowest BCUT2D eigenvalue weighted by atomic mass is 10.0. The summed E-state index contributed by atoms with van der Waals surface area (Å²) in [5.74, 6) is 0.618. The van der Waals surface area contributed by atoms with Crippen LogP contribution in [0.15, 0.2) is 42.9 Å². The fourth-order valence-corrected chi connectivity index (χ4v) is 4.60. The second-order valence-electron chi connectivity index (χ2n) is 8.58. The van der Waals surface area contributed by atoms with Gasteiger partial charge in [0.2, 0.25) is 5.91 Å². The lowest BCUT2D eigenvalue weighted by Crippen LogP contribution is -2.37. The molecule has 11 heteroatoms. The smallest absolute Gasteiger partial charge is 0.219 e. The molecule has 9 nitrogen and oxygen atoms in total. The Morgan fingerprint density at radius 2 is 1.94 bits per heavy atom. The summed E-state index contributed by atoms with van der Waals surface area (Å²) in [6.07, 6.45) is 7.11. The first kappa shape index (κ1) is 23.0. The number of hydrogen-bond acceptors (Lipinski definition) is 6. The van der Waals surface area contributed by atoms with Gasteiger partial charge < -0.3 is 10.6 Å². The molecule has 1 aromatic carbocycles. The van der Waals surface area contributed by atoms with E-state index in [9.17, 15) is 9.18 Å². The molecule has 4 heterocycles. The van der Waals surface area contributed by atoms with E-state index in [0.717, 1.165) is 37.1 Å². The van der Waals surface area contributed by atoms with E-state index in [1.54, 1.807) is 42.9 Å². The minimum atomic E-state index is -0.571. The zero-order chi connectivity index (χ0) is 24.7. The third-order valence-electron chi connectivity index (χ3n) is 6.38.